The van der Waals surface area contributed by atoms with E-state index in [-0.39, 0.29) is 5.41 Å². The van der Waals surface area contributed by atoms with Crippen LogP contribution in [0.15, 0.2) is 30.3 Å². The maximum absolute atomic E-state index is 12.3. The predicted octanol–water partition coefficient (Wildman–Crippen LogP) is 2.58. The van der Waals surface area contributed by atoms with Crippen LogP contribution in [0.5, 0.6) is 0 Å². The van der Waals surface area contributed by atoms with Crippen molar-refractivity contribution >= 4 is 12.9 Å². The van der Waals surface area contributed by atoms with Crippen LogP contribution in [0.4, 0.5) is 0 Å². The Kier molecular flexibility index (Phi) is 2.72. The zero-order valence-electron chi connectivity index (χ0n) is 8.97. The van der Waals surface area contributed by atoms with Crippen molar-refractivity contribution in [1.82, 2.24) is 0 Å². The molecule has 0 spiro atoms. The van der Waals surface area contributed by atoms with E-state index in [4.69, 9.17) is 9.05 Å². The van der Waals surface area contributed by atoms with E-state index >= 15 is 0 Å². The van der Waals surface area contributed by atoms with Gasteiger partial charge in [0.2, 0.25) is 0 Å². The third-order valence-corrected chi connectivity index (χ3v) is 4.19. The van der Waals surface area contributed by atoms with E-state index in [9.17, 15) is 4.57 Å². The highest BCUT2D eigenvalue weighted by atomic mass is 31.2. The lowest BCUT2D eigenvalue weighted by atomic mass is 9.97. The van der Waals surface area contributed by atoms with Crippen molar-refractivity contribution < 1.29 is 13.6 Å². The van der Waals surface area contributed by atoms with Crippen LogP contribution in [0, 0.1) is 5.41 Å². The van der Waals surface area contributed by atoms with Crippen molar-refractivity contribution in [3.63, 3.8) is 0 Å². The molecule has 0 N–H and O–H groups in total. The van der Waals surface area contributed by atoms with E-state index in [0.29, 0.717) is 18.5 Å². The summed E-state index contributed by atoms with van der Waals surface area (Å²) in [6.07, 6.45) is 0. The fourth-order valence-corrected chi connectivity index (χ4v) is 3.31. The molecule has 1 saturated heterocycles. The topological polar surface area (TPSA) is 35.5 Å². The molecular weight excluding hydrogens is 211 g/mol. The Bertz CT molecular complexity index is 372. The normalized spacial score (nSPS) is 23.6. The van der Waals surface area contributed by atoms with E-state index in [1.54, 1.807) is 12.1 Å². The summed E-state index contributed by atoms with van der Waals surface area (Å²) in [7, 11) is -3.05. The average molecular weight is 226 g/mol. The summed E-state index contributed by atoms with van der Waals surface area (Å²) >= 11 is 0. The molecule has 0 radical (unpaired) electrons. The molecule has 2 rings (SSSR count). The van der Waals surface area contributed by atoms with Gasteiger partial charge in [0.1, 0.15) is 0 Å². The van der Waals surface area contributed by atoms with Gasteiger partial charge in [-0.2, -0.15) is 0 Å². The van der Waals surface area contributed by atoms with Gasteiger partial charge >= 0.3 is 7.60 Å². The Morgan fingerprint density at radius 3 is 2.20 bits per heavy atom. The van der Waals surface area contributed by atoms with Crippen LogP contribution in [-0.4, -0.2) is 13.2 Å². The molecule has 0 aliphatic carbocycles. The van der Waals surface area contributed by atoms with E-state index in [1.807, 2.05) is 32.0 Å². The van der Waals surface area contributed by atoms with Crippen LogP contribution in [0.1, 0.15) is 13.8 Å². The summed E-state index contributed by atoms with van der Waals surface area (Å²) in [6.45, 7) is 5.00. The summed E-state index contributed by atoms with van der Waals surface area (Å²) in [5.41, 5.74) is -0.0529. The van der Waals surface area contributed by atoms with Crippen molar-refractivity contribution in [3.05, 3.63) is 30.3 Å². The summed E-state index contributed by atoms with van der Waals surface area (Å²) in [6, 6.07) is 9.10. The summed E-state index contributed by atoms with van der Waals surface area (Å²) in [4.78, 5) is 0. The Labute approximate surface area is 89.9 Å². The van der Waals surface area contributed by atoms with Crippen molar-refractivity contribution in [2.24, 2.45) is 5.41 Å². The lowest BCUT2D eigenvalue weighted by molar-refractivity contribution is 0.0463. The number of hydrogen-bond donors (Lipinski definition) is 0. The van der Waals surface area contributed by atoms with Crippen molar-refractivity contribution in [1.29, 1.82) is 0 Å². The predicted molar refractivity (Wildman–Crippen MR) is 59.4 cm³/mol. The monoisotopic (exact) mass is 226 g/mol. The molecule has 4 heteroatoms. The lowest BCUT2D eigenvalue weighted by Gasteiger charge is -2.33. The van der Waals surface area contributed by atoms with Crippen molar-refractivity contribution in [3.8, 4) is 0 Å². The first-order valence-corrected chi connectivity index (χ1v) is 6.51. The molecule has 1 aliphatic heterocycles. The Balaban J connectivity index is 2.21. The molecule has 0 bridgehead atoms. The first-order valence-electron chi connectivity index (χ1n) is 4.97. The molecule has 0 unspecified atom stereocenters. The van der Waals surface area contributed by atoms with Gasteiger partial charge in [-0.25, -0.2) is 0 Å². The second kappa shape index (κ2) is 3.75. The fourth-order valence-electron chi connectivity index (χ4n) is 1.36. The standard InChI is InChI=1S/C11H15O3P/c1-11(2)8-13-15(12,14-9-11)10-6-4-3-5-7-10/h3-7H,8-9H2,1-2H3. The summed E-state index contributed by atoms with van der Waals surface area (Å²) in [5.74, 6) is 0. The SMILES string of the molecule is CC1(C)COP(=O)(c2ccccc2)OC1. The maximum Gasteiger partial charge on any atom is 0.361 e. The highest BCUT2D eigenvalue weighted by Gasteiger charge is 2.37. The molecular formula is C11H15O3P. The van der Waals surface area contributed by atoms with Crippen LogP contribution in [-0.2, 0) is 13.6 Å². The second-order valence-corrected chi connectivity index (χ2v) is 6.57. The van der Waals surface area contributed by atoms with E-state index in [2.05, 4.69) is 0 Å². The van der Waals surface area contributed by atoms with Gasteiger partial charge in [0, 0.05) is 5.41 Å². The van der Waals surface area contributed by atoms with E-state index in [1.165, 1.54) is 0 Å². The third kappa shape index (κ3) is 2.31. The van der Waals surface area contributed by atoms with Crippen LogP contribution < -0.4 is 5.30 Å². The molecule has 1 aliphatic rings. The maximum atomic E-state index is 12.3. The molecule has 15 heavy (non-hydrogen) atoms. The van der Waals surface area contributed by atoms with Crippen LogP contribution >= 0.6 is 7.60 Å². The molecule has 82 valence electrons. The average Bonchev–Trinajstić information content (AvgIpc) is 2.24. The highest BCUT2D eigenvalue weighted by molar-refractivity contribution is 7.62. The molecule has 3 nitrogen and oxygen atoms in total. The minimum Gasteiger partial charge on any atom is -0.305 e. The van der Waals surface area contributed by atoms with Crippen LogP contribution in [0.3, 0.4) is 0 Å². The smallest absolute Gasteiger partial charge is 0.305 e. The van der Waals surface area contributed by atoms with Gasteiger partial charge in [-0.3, -0.25) is 4.57 Å². The molecule has 1 heterocycles. The molecule has 0 saturated carbocycles. The Hall–Kier alpha value is -0.630. The van der Waals surface area contributed by atoms with Crippen molar-refractivity contribution in [2.75, 3.05) is 13.2 Å². The van der Waals surface area contributed by atoms with Gasteiger partial charge in [-0.1, -0.05) is 32.0 Å². The molecule has 0 aromatic heterocycles. The van der Waals surface area contributed by atoms with Gasteiger partial charge in [0.05, 0.1) is 18.5 Å². The first kappa shape index (κ1) is 10.9. The summed E-state index contributed by atoms with van der Waals surface area (Å²) < 4.78 is 23.1. The number of rotatable bonds is 1. The Morgan fingerprint density at radius 2 is 1.67 bits per heavy atom. The van der Waals surface area contributed by atoms with Gasteiger partial charge < -0.3 is 9.05 Å². The minimum absolute atomic E-state index is 0.0529. The highest BCUT2D eigenvalue weighted by Crippen LogP contribution is 2.52. The molecule has 0 atom stereocenters. The lowest BCUT2D eigenvalue weighted by Crippen LogP contribution is -2.31. The van der Waals surface area contributed by atoms with E-state index in [0.717, 1.165) is 0 Å². The zero-order chi connectivity index (χ0) is 10.9. The van der Waals surface area contributed by atoms with Crippen LogP contribution in [0.25, 0.3) is 0 Å². The zero-order valence-corrected chi connectivity index (χ0v) is 9.87. The third-order valence-electron chi connectivity index (χ3n) is 2.32. The molecule has 0 amide bonds. The largest absolute Gasteiger partial charge is 0.361 e. The molecule has 1 aromatic carbocycles. The van der Waals surface area contributed by atoms with Crippen LogP contribution in [0.2, 0.25) is 0 Å². The second-order valence-electron chi connectivity index (χ2n) is 4.54. The van der Waals surface area contributed by atoms with E-state index < -0.39 is 7.60 Å². The van der Waals surface area contributed by atoms with Gasteiger partial charge in [0.25, 0.3) is 0 Å². The quantitative estimate of drug-likeness (QED) is 0.690. The minimum atomic E-state index is -3.05. The number of hydrogen-bond acceptors (Lipinski definition) is 3. The first-order chi connectivity index (χ1) is 7.02. The fraction of sp³-hybridized carbons (Fsp3) is 0.455. The Morgan fingerprint density at radius 1 is 1.13 bits per heavy atom. The molecule has 1 fully saturated rings. The van der Waals surface area contributed by atoms with Gasteiger partial charge in [-0.05, 0) is 12.1 Å². The summed E-state index contributed by atoms with van der Waals surface area (Å²) in [5, 5.41) is 0.639. The number of benzene rings is 1. The van der Waals surface area contributed by atoms with Gasteiger partial charge in [-0.15, -0.1) is 0 Å². The van der Waals surface area contributed by atoms with Gasteiger partial charge in [0.15, 0.2) is 0 Å². The molecule has 1 aromatic rings. The van der Waals surface area contributed by atoms with Crippen molar-refractivity contribution in [2.45, 2.75) is 13.8 Å².